The first-order valence-corrected chi connectivity index (χ1v) is 6.89. The van der Waals surface area contributed by atoms with Crippen LogP contribution >= 0.6 is 0 Å². The molecule has 0 amide bonds. The Labute approximate surface area is 123 Å². The van der Waals surface area contributed by atoms with Crippen molar-refractivity contribution in [1.82, 2.24) is 0 Å². The van der Waals surface area contributed by atoms with E-state index >= 15 is 0 Å². The van der Waals surface area contributed by atoms with E-state index in [4.69, 9.17) is 4.74 Å². The Morgan fingerprint density at radius 2 is 1.76 bits per heavy atom. The fourth-order valence-electron chi connectivity index (χ4n) is 2.00. The number of halogens is 1. The van der Waals surface area contributed by atoms with Crippen molar-refractivity contribution >= 4 is 11.7 Å². The molecule has 0 bridgehead atoms. The standard InChI is InChI=1S/C17H18FNO2/c1-3-21-17(20)14-6-10-16(11-7-14)19-12(2)13-4-8-15(18)9-5-13/h4-12,19H,3H2,1-2H3. The van der Waals surface area contributed by atoms with E-state index in [2.05, 4.69) is 5.32 Å². The first-order valence-electron chi connectivity index (χ1n) is 6.89. The summed E-state index contributed by atoms with van der Waals surface area (Å²) in [6, 6.07) is 13.5. The van der Waals surface area contributed by atoms with E-state index in [-0.39, 0.29) is 17.8 Å². The maximum atomic E-state index is 12.9. The summed E-state index contributed by atoms with van der Waals surface area (Å²) in [5, 5.41) is 3.30. The molecule has 21 heavy (non-hydrogen) atoms. The number of hydrogen-bond donors (Lipinski definition) is 1. The molecule has 2 rings (SSSR count). The number of carbonyl (C=O) groups is 1. The molecule has 0 fully saturated rings. The van der Waals surface area contributed by atoms with Crippen LogP contribution in [0.5, 0.6) is 0 Å². The van der Waals surface area contributed by atoms with Gasteiger partial charge in [-0.05, 0) is 55.8 Å². The molecule has 3 nitrogen and oxygen atoms in total. The zero-order valence-electron chi connectivity index (χ0n) is 12.1. The van der Waals surface area contributed by atoms with Gasteiger partial charge in [-0.15, -0.1) is 0 Å². The SMILES string of the molecule is CCOC(=O)c1ccc(NC(C)c2ccc(F)cc2)cc1. The smallest absolute Gasteiger partial charge is 0.338 e. The maximum Gasteiger partial charge on any atom is 0.338 e. The number of ether oxygens (including phenoxy) is 1. The van der Waals surface area contributed by atoms with Crippen molar-refractivity contribution in [1.29, 1.82) is 0 Å². The topological polar surface area (TPSA) is 38.3 Å². The van der Waals surface area contributed by atoms with Crippen molar-refractivity contribution < 1.29 is 13.9 Å². The molecular weight excluding hydrogens is 269 g/mol. The van der Waals surface area contributed by atoms with Crippen molar-refractivity contribution in [3.05, 3.63) is 65.5 Å². The van der Waals surface area contributed by atoms with Crippen LogP contribution in [-0.2, 0) is 4.74 Å². The van der Waals surface area contributed by atoms with Gasteiger partial charge in [-0.3, -0.25) is 0 Å². The van der Waals surface area contributed by atoms with E-state index in [1.165, 1.54) is 12.1 Å². The van der Waals surface area contributed by atoms with Crippen LogP contribution in [0.3, 0.4) is 0 Å². The third-order valence-electron chi connectivity index (χ3n) is 3.15. The molecule has 0 aromatic heterocycles. The zero-order chi connectivity index (χ0) is 15.2. The van der Waals surface area contributed by atoms with Crippen molar-refractivity contribution in [2.75, 3.05) is 11.9 Å². The third kappa shape index (κ3) is 4.05. The number of esters is 1. The van der Waals surface area contributed by atoms with E-state index in [1.807, 2.05) is 19.1 Å². The summed E-state index contributed by atoms with van der Waals surface area (Å²) in [6.45, 7) is 4.13. The van der Waals surface area contributed by atoms with Gasteiger partial charge in [-0.25, -0.2) is 9.18 Å². The largest absolute Gasteiger partial charge is 0.462 e. The number of carbonyl (C=O) groups excluding carboxylic acids is 1. The highest BCUT2D eigenvalue weighted by atomic mass is 19.1. The van der Waals surface area contributed by atoms with Crippen LogP contribution in [0.4, 0.5) is 10.1 Å². The average Bonchev–Trinajstić information content (AvgIpc) is 2.49. The van der Waals surface area contributed by atoms with Crippen LogP contribution in [-0.4, -0.2) is 12.6 Å². The zero-order valence-corrected chi connectivity index (χ0v) is 12.1. The number of hydrogen-bond acceptors (Lipinski definition) is 3. The van der Waals surface area contributed by atoms with E-state index in [0.29, 0.717) is 12.2 Å². The minimum absolute atomic E-state index is 0.0408. The Morgan fingerprint density at radius 1 is 1.14 bits per heavy atom. The molecular formula is C17H18FNO2. The molecule has 0 spiro atoms. The Kier molecular flexibility index (Phi) is 4.93. The average molecular weight is 287 g/mol. The fraction of sp³-hybridized carbons (Fsp3) is 0.235. The van der Waals surface area contributed by atoms with Crippen LogP contribution < -0.4 is 5.32 Å². The lowest BCUT2D eigenvalue weighted by atomic mass is 10.1. The predicted molar refractivity (Wildman–Crippen MR) is 80.8 cm³/mol. The summed E-state index contributed by atoms with van der Waals surface area (Å²) in [7, 11) is 0. The first-order chi connectivity index (χ1) is 10.1. The summed E-state index contributed by atoms with van der Waals surface area (Å²) in [4.78, 5) is 11.6. The summed E-state index contributed by atoms with van der Waals surface area (Å²) in [5.41, 5.74) is 2.41. The monoisotopic (exact) mass is 287 g/mol. The Bertz CT molecular complexity index is 593. The normalized spacial score (nSPS) is 11.8. The molecule has 2 aromatic rings. The van der Waals surface area contributed by atoms with Gasteiger partial charge in [0.25, 0.3) is 0 Å². The molecule has 0 saturated heterocycles. The van der Waals surface area contributed by atoms with Gasteiger partial charge in [-0.1, -0.05) is 12.1 Å². The van der Waals surface area contributed by atoms with Gasteiger partial charge in [0.05, 0.1) is 12.2 Å². The molecule has 4 heteroatoms. The van der Waals surface area contributed by atoms with Gasteiger partial charge < -0.3 is 10.1 Å². The van der Waals surface area contributed by atoms with E-state index in [0.717, 1.165) is 11.3 Å². The number of benzene rings is 2. The quantitative estimate of drug-likeness (QED) is 0.839. The molecule has 0 aliphatic carbocycles. The number of nitrogens with one attached hydrogen (secondary N) is 1. The van der Waals surface area contributed by atoms with Crippen LogP contribution in [0.2, 0.25) is 0 Å². The summed E-state index contributed by atoms with van der Waals surface area (Å²) >= 11 is 0. The molecule has 1 N–H and O–H groups in total. The number of rotatable bonds is 5. The Hall–Kier alpha value is -2.36. The lowest BCUT2D eigenvalue weighted by Crippen LogP contribution is -2.08. The highest BCUT2D eigenvalue weighted by molar-refractivity contribution is 5.89. The van der Waals surface area contributed by atoms with Crippen LogP contribution in [0, 0.1) is 5.82 Å². The van der Waals surface area contributed by atoms with Crippen LogP contribution in [0.15, 0.2) is 48.5 Å². The minimum Gasteiger partial charge on any atom is -0.462 e. The summed E-state index contributed by atoms with van der Waals surface area (Å²) in [5.74, 6) is -0.569. The maximum absolute atomic E-state index is 12.9. The number of anilines is 1. The second-order valence-electron chi connectivity index (χ2n) is 4.72. The fourth-order valence-corrected chi connectivity index (χ4v) is 2.00. The molecule has 0 aliphatic heterocycles. The third-order valence-corrected chi connectivity index (χ3v) is 3.15. The summed E-state index contributed by atoms with van der Waals surface area (Å²) in [6.07, 6.45) is 0. The van der Waals surface area contributed by atoms with Gasteiger partial charge in [-0.2, -0.15) is 0 Å². The van der Waals surface area contributed by atoms with Crippen LogP contribution in [0.1, 0.15) is 35.8 Å². The first kappa shape index (κ1) is 15.0. The van der Waals surface area contributed by atoms with Crippen LogP contribution in [0.25, 0.3) is 0 Å². The predicted octanol–water partition coefficient (Wildman–Crippen LogP) is 4.18. The van der Waals surface area contributed by atoms with Crippen molar-refractivity contribution in [2.24, 2.45) is 0 Å². The highest BCUT2D eigenvalue weighted by Gasteiger charge is 2.08. The van der Waals surface area contributed by atoms with E-state index in [1.54, 1.807) is 31.2 Å². The highest BCUT2D eigenvalue weighted by Crippen LogP contribution is 2.20. The Balaban J connectivity index is 2.02. The molecule has 1 atom stereocenters. The van der Waals surface area contributed by atoms with Crippen molar-refractivity contribution in [3.8, 4) is 0 Å². The lowest BCUT2D eigenvalue weighted by molar-refractivity contribution is 0.0526. The molecule has 0 heterocycles. The lowest BCUT2D eigenvalue weighted by Gasteiger charge is -2.16. The van der Waals surface area contributed by atoms with Gasteiger partial charge in [0.2, 0.25) is 0 Å². The van der Waals surface area contributed by atoms with Gasteiger partial charge in [0, 0.05) is 11.7 Å². The second kappa shape index (κ2) is 6.88. The molecule has 0 radical (unpaired) electrons. The van der Waals surface area contributed by atoms with Crippen molar-refractivity contribution in [3.63, 3.8) is 0 Å². The Morgan fingerprint density at radius 3 is 2.33 bits per heavy atom. The van der Waals surface area contributed by atoms with Gasteiger partial charge >= 0.3 is 5.97 Å². The molecule has 0 saturated carbocycles. The molecule has 0 aliphatic rings. The summed E-state index contributed by atoms with van der Waals surface area (Å²) < 4.78 is 17.8. The molecule has 1 unspecified atom stereocenters. The van der Waals surface area contributed by atoms with Gasteiger partial charge in [0.1, 0.15) is 5.82 Å². The minimum atomic E-state index is -0.323. The molecule has 2 aromatic carbocycles. The van der Waals surface area contributed by atoms with E-state index < -0.39 is 0 Å². The van der Waals surface area contributed by atoms with Gasteiger partial charge in [0.15, 0.2) is 0 Å². The molecule has 110 valence electrons. The van der Waals surface area contributed by atoms with E-state index in [9.17, 15) is 9.18 Å². The van der Waals surface area contributed by atoms with Crippen molar-refractivity contribution in [2.45, 2.75) is 19.9 Å². The second-order valence-corrected chi connectivity index (χ2v) is 4.72.